The van der Waals surface area contributed by atoms with Gasteiger partial charge in [0.25, 0.3) is 0 Å². The maximum Gasteiger partial charge on any atom is 0.124 e. The summed E-state index contributed by atoms with van der Waals surface area (Å²) in [5.74, 6) is 0.759. The van der Waals surface area contributed by atoms with Crippen LogP contribution in [0.3, 0.4) is 0 Å². The van der Waals surface area contributed by atoms with Crippen LogP contribution in [0.1, 0.15) is 16.7 Å². The van der Waals surface area contributed by atoms with Gasteiger partial charge in [0.2, 0.25) is 0 Å². The topological polar surface area (TPSA) is 81.5 Å². The summed E-state index contributed by atoms with van der Waals surface area (Å²) >= 11 is 0. The second-order valence-electron chi connectivity index (χ2n) is 4.76. The van der Waals surface area contributed by atoms with E-state index in [9.17, 15) is 0 Å². The number of nitrogens with two attached hydrogens (primary N) is 2. The van der Waals surface area contributed by atoms with Crippen molar-refractivity contribution >= 4 is 11.4 Å². The van der Waals surface area contributed by atoms with E-state index < -0.39 is 0 Å². The van der Waals surface area contributed by atoms with Crippen molar-refractivity contribution in [1.82, 2.24) is 0 Å². The third-order valence-electron chi connectivity index (χ3n) is 3.35. The summed E-state index contributed by atoms with van der Waals surface area (Å²) < 4.78 is 5.76. The van der Waals surface area contributed by atoms with Crippen LogP contribution >= 0.6 is 0 Å². The summed E-state index contributed by atoms with van der Waals surface area (Å²) in [5, 5.41) is 9.15. The van der Waals surface area contributed by atoms with Crippen LogP contribution in [0.4, 0.5) is 11.4 Å². The highest BCUT2D eigenvalue weighted by atomic mass is 16.5. The number of anilines is 2. The molecule has 4 nitrogen and oxygen atoms in total. The van der Waals surface area contributed by atoms with Crippen molar-refractivity contribution in [3.8, 4) is 5.75 Å². The van der Waals surface area contributed by atoms with E-state index in [1.165, 1.54) is 5.56 Å². The Hall–Kier alpha value is -2.20. The molecular formula is C16H20N2O2. The number of hydrogen-bond acceptors (Lipinski definition) is 4. The van der Waals surface area contributed by atoms with E-state index in [0.717, 1.165) is 29.0 Å². The van der Waals surface area contributed by atoms with Gasteiger partial charge in [-0.15, -0.1) is 0 Å². The maximum atomic E-state index is 9.15. The highest BCUT2D eigenvalue weighted by Gasteiger charge is 2.07. The molecule has 0 saturated carbocycles. The van der Waals surface area contributed by atoms with Gasteiger partial charge in [-0.3, -0.25) is 0 Å². The van der Waals surface area contributed by atoms with Gasteiger partial charge >= 0.3 is 0 Å². The van der Waals surface area contributed by atoms with E-state index in [4.69, 9.17) is 21.3 Å². The minimum Gasteiger partial charge on any atom is -0.493 e. The minimum atomic E-state index is -0.0572. The summed E-state index contributed by atoms with van der Waals surface area (Å²) in [4.78, 5) is 0. The summed E-state index contributed by atoms with van der Waals surface area (Å²) in [6.07, 6.45) is 0.807. The highest BCUT2D eigenvalue weighted by Crippen LogP contribution is 2.27. The highest BCUT2D eigenvalue weighted by molar-refractivity contribution is 5.58. The van der Waals surface area contributed by atoms with Crippen molar-refractivity contribution in [1.29, 1.82) is 0 Å². The zero-order valence-electron chi connectivity index (χ0n) is 11.6. The number of nitrogen functional groups attached to an aromatic ring is 2. The van der Waals surface area contributed by atoms with Crippen LogP contribution in [-0.2, 0) is 13.0 Å². The van der Waals surface area contributed by atoms with E-state index in [0.29, 0.717) is 12.3 Å². The fraction of sp³-hybridized carbons (Fsp3) is 0.250. The van der Waals surface area contributed by atoms with Crippen LogP contribution in [0, 0.1) is 6.92 Å². The molecule has 20 heavy (non-hydrogen) atoms. The summed E-state index contributed by atoms with van der Waals surface area (Å²) in [6, 6.07) is 11.4. The summed E-state index contributed by atoms with van der Waals surface area (Å²) in [6.45, 7) is 2.41. The Labute approximate surface area is 119 Å². The average molecular weight is 272 g/mol. The fourth-order valence-electron chi connectivity index (χ4n) is 2.02. The molecule has 106 valence electrons. The lowest BCUT2D eigenvalue weighted by Crippen LogP contribution is -2.05. The molecule has 0 unspecified atom stereocenters. The molecule has 2 aromatic rings. The van der Waals surface area contributed by atoms with E-state index in [-0.39, 0.29) is 6.61 Å². The molecule has 4 heteroatoms. The van der Waals surface area contributed by atoms with E-state index >= 15 is 0 Å². The smallest absolute Gasteiger partial charge is 0.124 e. The molecule has 2 rings (SSSR count). The van der Waals surface area contributed by atoms with Crippen LogP contribution in [0.5, 0.6) is 5.75 Å². The molecule has 0 aliphatic rings. The summed E-state index contributed by atoms with van der Waals surface area (Å²) in [5.41, 5.74) is 15.7. The largest absolute Gasteiger partial charge is 0.493 e. The van der Waals surface area contributed by atoms with Gasteiger partial charge in [0.1, 0.15) is 5.75 Å². The second-order valence-corrected chi connectivity index (χ2v) is 4.76. The molecular weight excluding hydrogens is 252 g/mol. The average Bonchev–Trinajstić information content (AvgIpc) is 2.46. The van der Waals surface area contributed by atoms with E-state index in [2.05, 4.69) is 0 Å². The molecule has 0 aromatic heterocycles. The first kappa shape index (κ1) is 14.2. The Balaban J connectivity index is 1.97. The quantitative estimate of drug-likeness (QED) is 0.729. The normalized spacial score (nSPS) is 10.5. The number of hydrogen-bond donors (Lipinski definition) is 3. The molecule has 0 amide bonds. The van der Waals surface area contributed by atoms with Gasteiger partial charge in [0.15, 0.2) is 0 Å². The zero-order valence-corrected chi connectivity index (χ0v) is 11.6. The number of aliphatic hydroxyl groups is 1. The van der Waals surface area contributed by atoms with Crippen molar-refractivity contribution in [2.45, 2.75) is 20.0 Å². The van der Waals surface area contributed by atoms with Gasteiger partial charge < -0.3 is 21.3 Å². The lowest BCUT2D eigenvalue weighted by Gasteiger charge is -2.13. The Morgan fingerprint density at radius 2 is 1.75 bits per heavy atom. The van der Waals surface area contributed by atoms with Gasteiger partial charge in [-0.2, -0.15) is 0 Å². The van der Waals surface area contributed by atoms with Crippen molar-refractivity contribution in [3.63, 3.8) is 0 Å². The Bertz CT molecular complexity index is 580. The molecule has 0 saturated heterocycles. The van der Waals surface area contributed by atoms with Crippen LogP contribution in [0.2, 0.25) is 0 Å². The van der Waals surface area contributed by atoms with Crippen LogP contribution in [-0.4, -0.2) is 11.7 Å². The Morgan fingerprint density at radius 3 is 2.40 bits per heavy atom. The molecule has 0 bridgehead atoms. The third kappa shape index (κ3) is 3.22. The number of ether oxygens (including phenoxy) is 1. The molecule has 0 fully saturated rings. The molecule has 2 aromatic carbocycles. The van der Waals surface area contributed by atoms with Crippen molar-refractivity contribution in [3.05, 3.63) is 53.1 Å². The standard InChI is InChI=1S/C16H20N2O2/c1-11-15(7-4-13(10-19)16(11)18)20-9-8-12-2-5-14(17)6-3-12/h2-7,19H,8-10,17-18H2,1H3. The predicted molar refractivity (Wildman–Crippen MR) is 81.6 cm³/mol. The minimum absolute atomic E-state index is 0.0572. The van der Waals surface area contributed by atoms with Crippen LogP contribution < -0.4 is 16.2 Å². The number of rotatable bonds is 5. The van der Waals surface area contributed by atoms with Gasteiger partial charge in [-0.25, -0.2) is 0 Å². The molecule has 0 aliphatic carbocycles. The van der Waals surface area contributed by atoms with Crippen LogP contribution in [0.15, 0.2) is 36.4 Å². The van der Waals surface area contributed by atoms with Crippen molar-refractivity contribution in [2.75, 3.05) is 18.1 Å². The number of benzene rings is 2. The summed E-state index contributed by atoms with van der Waals surface area (Å²) in [7, 11) is 0. The van der Waals surface area contributed by atoms with Crippen molar-refractivity contribution in [2.24, 2.45) is 0 Å². The molecule has 0 spiro atoms. The lowest BCUT2D eigenvalue weighted by atomic mass is 10.1. The fourth-order valence-corrected chi connectivity index (χ4v) is 2.02. The van der Waals surface area contributed by atoms with Crippen LogP contribution in [0.25, 0.3) is 0 Å². The zero-order chi connectivity index (χ0) is 14.5. The van der Waals surface area contributed by atoms with Gasteiger partial charge in [-0.05, 0) is 30.7 Å². The first-order chi connectivity index (χ1) is 9.61. The molecule has 0 radical (unpaired) electrons. The monoisotopic (exact) mass is 272 g/mol. The van der Waals surface area contributed by atoms with E-state index in [1.54, 1.807) is 6.07 Å². The Morgan fingerprint density at radius 1 is 1.05 bits per heavy atom. The lowest BCUT2D eigenvalue weighted by molar-refractivity contribution is 0.282. The van der Waals surface area contributed by atoms with Gasteiger partial charge in [-0.1, -0.05) is 18.2 Å². The van der Waals surface area contributed by atoms with Gasteiger partial charge in [0, 0.05) is 28.9 Å². The number of aliphatic hydroxyl groups excluding tert-OH is 1. The first-order valence-electron chi connectivity index (χ1n) is 6.58. The molecule has 5 N–H and O–H groups in total. The van der Waals surface area contributed by atoms with E-state index in [1.807, 2.05) is 37.3 Å². The molecule has 0 heterocycles. The third-order valence-corrected chi connectivity index (χ3v) is 3.35. The SMILES string of the molecule is Cc1c(OCCc2ccc(N)cc2)ccc(CO)c1N. The van der Waals surface area contributed by atoms with Crippen molar-refractivity contribution < 1.29 is 9.84 Å². The predicted octanol–water partition coefficient (Wildman–Crippen LogP) is 2.27. The maximum absolute atomic E-state index is 9.15. The second kappa shape index (κ2) is 6.30. The first-order valence-corrected chi connectivity index (χ1v) is 6.58. The Kier molecular flexibility index (Phi) is 4.48. The molecule has 0 aliphatic heterocycles. The molecule has 0 atom stereocenters. The van der Waals surface area contributed by atoms with Gasteiger partial charge in [0.05, 0.1) is 13.2 Å².